The standard InChI is InChI=1S/C15H23NO/c1-13-5-7-14(8-6-13)15(9-3-4-10-15)16(2)11-12-17/h5-8,17H,3-4,9-12H2,1-2H3. The molecule has 0 bridgehead atoms. The maximum absolute atomic E-state index is 9.16. The number of aliphatic hydroxyl groups is 1. The van der Waals surface area contributed by atoms with Gasteiger partial charge in [0, 0.05) is 12.1 Å². The average Bonchev–Trinajstić information content (AvgIpc) is 2.81. The molecule has 0 unspecified atom stereocenters. The summed E-state index contributed by atoms with van der Waals surface area (Å²) < 4.78 is 0. The molecular formula is C15H23NO. The van der Waals surface area contributed by atoms with Crippen LogP contribution < -0.4 is 0 Å². The molecule has 1 N–H and O–H groups in total. The van der Waals surface area contributed by atoms with Gasteiger partial charge in [-0.25, -0.2) is 0 Å². The van der Waals surface area contributed by atoms with Crippen molar-refractivity contribution >= 4 is 0 Å². The molecule has 0 radical (unpaired) electrons. The highest BCUT2D eigenvalue weighted by atomic mass is 16.3. The van der Waals surface area contributed by atoms with Crippen molar-refractivity contribution in [2.75, 3.05) is 20.2 Å². The lowest BCUT2D eigenvalue weighted by atomic mass is 9.86. The SMILES string of the molecule is Cc1ccc(C2(N(C)CCO)CCCC2)cc1. The number of rotatable bonds is 4. The fourth-order valence-corrected chi connectivity index (χ4v) is 3.08. The number of likely N-dealkylation sites (N-methyl/N-ethyl adjacent to an activating group) is 1. The minimum atomic E-state index is 0.163. The van der Waals surface area contributed by atoms with Crippen molar-refractivity contribution in [3.8, 4) is 0 Å². The van der Waals surface area contributed by atoms with Crippen molar-refractivity contribution in [3.63, 3.8) is 0 Å². The summed E-state index contributed by atoms with van der Waals surface area (Å²) in [7, 11) is 2.14. The molecule has 2 rings (SSSR count). The van der Waals surface area contributed by atoms with Gasteiger partial charge >= 0.3 is 0 Å². The molecule has 1 aromatic carbocycles. The van der Waals surface area contributed by atoms with Crippen molar-refractivity contribution in [2.45, 2.75) is 38.1 Å². The molecule has 1 aliphatic carbocycles. The van der Waals surface area contributed by atoms with Crippen molar-refractivity contribution in [2.24, 2.45) is 0 Å². The third-order valence-electron chi connectivity index (χ3n) is 4.19. The Kier molecular flexibility index (Phi) is 3.85. The Hall–Kier alpha value is -0.860. The molecule has 17 heavy (non-hydrogen) atoms. The normalized spacial score (nSPS) is 18.8. The second-order valence-corrected chi connectivity index (χ2v) is 5.25. The lowest BCUT2D eigenvalue weighted by Crippen LogP contribution is -2.43. The van der Waals surface area contributed by atoms with E-state index in [1.165, 1.54) is 36.8 Å². The third kappa shape index (κ3) is 2.38. The van der Waals surface area contributed by atoms with Crippen LogP contribution in [0.5, 0.6) is 0 Å². The number of hydrogen-bond donors (Lipinski definition) is 1. The molecule has 1 aromatic rings. The largest absolute Gasteiger partial charge is 0.395 e. The van der Waals surface area contributed by atoms with E-state index in [1.54, 1.807) is 0 Å². The molecular weight excluding hydrogens is 210 g/mol. The predicted octanol–water partition coefficient (Wildman–Crippen LogP) is 2.69. The molecule has 0 aliphatic heterocycles. The van der Waals surface area contributed by atoms with Gasteiger partial charge < -0.3 is 5.11 Å². The lowest BCUT2D eigenvalue weighted by molar-refractivity contribution is 0.0967. The van der Waals surface area contributed by atoms with Gasteiger partial charge in [0.2, 0.25) is 0 Å². The Morgan fingerprint density at radius 1 is 1.18 bits per heavy atom. The maximum Gasteiger partial charge on any atom is 0.0558 e. The van der Waals surface area contributed by atoms with Gasteiger partial charge in [-0.2, -0.15) is 0 Å². The van der Waals surface area contributed by atoms with E-state index >= 15 is 0 Å². The van der Waals surface area contributed by atoms with Crippen molar-refractivity contribution in [3.05, 3.63) is 35.4 Å². The smallest absolute Gasteiger partial charge is 0.0558 e. The topological polar surface area (TPSA) is 23.5 Å². The van der Waals surface area contributed by atoms with E-state index in [9.17, 15) is 0 Å². The first-order valence-corrected chi connectivity index (χ1v) is 6.58. The summed E-state index contributed by atoms with van der Waals surface area (Å²) >= 11 is 0. The number of hydrogen-bond acceptors (Lipinski definition) is 2. The van der Waals surface area contributed by atoms with Crippen LogP contribution in [0.25, 0.3) is 0 Å². The molecule has 0 spiro atoms. The van der Waals surface area contributed by atoms with Crippen LogP contribution in [0.1, 0.15) is 36.8 Å². The van der Waals surface area contributed by atoms with Gasteiger partial charge in [0.05, 0.1) is 6.61 Å². The zero-order valence-corrected chi connectivity index (χ0v) is 10.9. The summed E-state index contributed by atoms with van der Waals surface area (Å²) in [6, 6.07) is 8.91. The zero-order valence-electron chi connectivity index (χ0n) is 10.9. The summed E-state index contributed by atoms with van der Waals surface area (Å²) in [6.45, 7) is 3.13. The molecule has 2 heteroatoms. The van der Waals surface area contributed by atoms with E-state index in [0.29, 0.717) is 0 Å². The lowest BCUT2D eigenvalue weighted by Gasteiger charge is -2.39. The highest BCUT2D eigenvalue weighted by Crippen LogP contribution is 2.43. The van der Waals surface area contributed by atoms with Gasteiger partial charge in [-0.15, -0.1) is 0 Å². The van der Waals surface area contributed by atoms with Crippen LogP contribution in [-0.2, 0) is 5.54 Å². The first-order chi connectivity index (χ1) is 8.19. The fraction of sp³-hybridized carbons (Fsp3) is 0.600. The van der Waals surface area contributed by atoms with Gasteiger partial charge in [0.1, 0.15) is 0 Å². The van der Waals surface area contributed by atoms with Gasteiger partial charge in [-0.3, -0.25) is 4.90 Å². The van der Waals surface area contributed by atoms with E-state index in [1.807, 2.05) is 0 Å². The van der Waals surface area contributed by atoms with E-state index in [0.717, 1.165) is 6.54 Å². The maximum atomic E-state index is 9.16. The minimum absolute atomic E-state index is 0.163. The van der Waals surface area contributed by atoms with Crippen molar-refractivity contribution in [1.29, 1.82) is 0 Å². The molecule has 0 atom stereocenters. The quantitative estimate of drug-likeness (QED) is 0.864. The van der Waals surface area contributed by atoms with E-state index in [-0.39, 0.29) is 12.1 Å². The van der Waals surface area contributed by atoms with Crippen LogP contribution in [0.15, 0.2) is 24.3 Å². The summed E-state index contributed by atoms with van der Waals surface area (Å²) in [5.41, 5.74) is 2.89. The van der Waals surface area contributed by atoms with Gasteiger partial charge in [0.25, 0.3) is 0 Å². The number of aliphatic hydroxyl groups excluding tert-OH is 1. The monoisotopic (exact) mass is 233 g/mol. The first-order valence-electron chi connectivity index (χ1n) is 6.58. The summed E-state index contributed by atoms with van der Waals surface area (Å²) in [4.78, 5) is 2.34. The molecule has 1 aliphatic rings. The molecule has 1 fully saturated rings. The Morgan fingerprint density at radius 2 is 1.76 bits per heavy atom. The van der Waals surface area contributed by atoms with E-state index in [4.69, 9.17) is 5.11 Å². The van der Waals surface area contributed by atoms with Crippen LogP contribution in [0, 0.1) is 6.92 Å². The van der Waals surface area contributed by atoms with Crippen molar-refractivity contribution in [1.82, 2.24) is 4.90 Å². The zero-order chi connectivity index (χ0) is 12.3. The average molecular weight is 233 g/mol. The van der Waals surface area contributed by atoms with E-state index < -0.39 is 0 Å². The summed E-state index contributed by atoms with van der Waals surface area (Å²) in [5, 5.41) is 9.16. The van der Waals surface area contributed by atoms with Crippen LogP contribution in [0.2, 0.25) is 0 Å². The highest BCUT2D eigenvalue weighted by Gasteiger charge is 2.38. The Labute approximate surface area is 104 Å². The van der Waals surface area contributed by atoms with Crippen LogP contribution in [0.3, 0.4) is 0 Å². The fourth-order valence-electron chi connectivity index (χ4n) is 3.08. The predicted molar refractivity (Wildman–Crippen MR) is 71.0 cm³/mol. The Bertz CT molecular complexity index is 352. The number of nitrogens with zero attached hydrogens (tertiary/aromatic N) is 1. The molecule has 94 valence electrons. The number of aryl methyl sites for hydroxylation is 1. The van der Waals surface area contributed by atoms with Gasteiger partial charge in [-0.1, -0.05) is 42.7 Å². The highest BCUT2D eigenvalue weighted by molar-refractivity contribution is 5.29. The van der Waals surface area contributed by atoms with Gasteiger partial charge in [0.15, 0.2) is 0 Å². The number of benzene rings is 1. The third-order valence-corrected chi connectivity index (χ3v) is 4.19. The Morgan fingerprint density at radius 3 is 2.29 bits per heavy atom. The Balaban J connectivity index is 2.30. The van der Waals surface area contributed by atoms with Gasteiger partial charge in [-0.05, 0) is 32.4 Å². The molecule has 0 heterocycles. The van der Waals surface area contributed by atoms with Crippen LogP contribution >= 0.6 is 0 Å². The molecule has 1 saturated carbocycles. The minimum Gasteiger partial charge on any atom is -0.395 e. The van der Waals surface area contributed by atoms with Crippen LogP contribution in [-0.4, -0.2) is 30.2 Å². The molecule has 0 amide bonds. The molecule has 0 saturated heterocycles. The summed E-state index contributed by atoms with van der Waals surface area (Å²) in [6.07, 6.45) is 5.02. The van der Waals surface area contributed by atoms with Crippen LogP contribution in [0.4, 0.5) is 0 Å². The summed E-state index contributed by atoms with van der Waals surface area (Å²) in [5.74, 6) is 0. The van der Waals surface area contributed by atoms with Crippen molar-refractivity contribution < 1.29 is 5.11 Å². The molecule has 0 aromatic heterocycles. The second-order valence-electron chi connectivity index (χ2n) is 5.25. The first kappa shape index (κ1) is 12.6. The molecule has 2 nitrogen and oxygen atoms in total. The van der Waals surface area contributed by atoms with E-state index in [2.05, 4.69) is 43.1 Å². The second kappa shape index (κ2) is 5.19.